The fourth-order valence-corrected chi connectivity index (χ4v) is 0.197. The standard InChI is InChI=1S/C3HN2O2/c6-3-5-4-1-2-7-3/h1H. The first kappa shape index (κ1) is 3.98. The first-order valence-corrected chi connectivity index (χ1v) is 1.58. The van der Waals surface area contributed by atoms with Crippen LogP contribution in [-0.2, 0) is 0 Å². The van der Waals surface area contributed by atoms with E-state index in [1.54, 1.807) is 0 Å². The predicted molar refractivity (Wildman–Crippen MR) is 19.4 cm³/mol. The van der Waals surface area contributed by atoms with E-state index in [9.17, 15) is 4.79 Å². The summed E-state index contributed by atoms with van der Waals surface area (Å²) in [5, 5.41) is 6.15. The Kier molecular flexibility index (Phi) is 0.856. The average molecular weight is 97.1 g/mol. The first-order valence-electron chi connectivity index (χ1n) is 1.58. The molecule has 0 aliphatic carbocycles. The van der Waals surface area contributed by atoms with Crippen LogP contribution in [0.1, 0.15) is 0 Å². The molecule has 0 N–H and O–H groups in total. The highest BCUT2D eigenvalue weighted by Crippen LogP contribution is 1.58. The summed E-state index contributed by atoms with van der Waals surface area (Å²) in [7, 11) is 0. The van der Waals surface area contributed by atoms with Gasteiger partial charge >= 0.3 is 5.76 Å². The van der Waals surface area contributed by atoms with Gasteiger partial charge in [0.15, 0.2) is 6.26 Å². The molecule has 7 heavy (non-hydrogen) atoms. The molecular formula is C3HN2O2. The van der Waals surface area contributed by atoms with Crippen LogP contribution in [0.3, 0.4) is 0 Å². The maximum Gasteiger partial charge on any atom is 0.458 e. The molecule has 0 fully saturated rings. The molecule has 1 aromatic rings. The molecule has 0 aliphatic rings. The minimum Gasteiger partial charge on any atom is -0.402 e. The van der Waals surface area contributed by atoms with Crippen molar-refractivity contribution < 1.29 is 4.42 Å². The monoisotopic (exact) mass is 97.0 g/mol. The Morgan fingerprint density at radius 3 is 3.00 bits per heavy atom. The van der Waals surface area contributed by atoms with Crippen molar-refractivity contribution in [3.63, 3.8) is 0 Å². The number of nitrogens with zero attached hydrogens (tertiary/aromatic N) is 2. The van der Waals surface area contributed by atoms with E-state index in [1.165, 1.54) is 6.20 Å². The lowest BCUT2D eigenvalue weighted by atomic mass is 11.0. The third-order valence-corrected chi connectivity index (χ3v) is 0.396. The summed E-state index contributed by atoms with van der Waals surface area (Å²) in [5.74, 6) is -0.720. The Balaban J connectivity index is 3.28. The van der Waals surface area contributed by atoms with Crippen molar-refractivity contribution in [3.05, 3.63) is 23.0 Å². The molecular weight excluding hydrogens is 96.0 g/mol. The van der Waals surface area contributed by atoms with Crippen LogP contribution < -0.4 is 5.76 Å². The third kappa shape index (κ3) is 0.819. The summed E-state index contributed by atoms with van der Waals surface area (Å²) in [6.45, 7) is 0. The topological polar surface area (TPSA) is 56.0 Å². The Morgan fingerprint density at radius 1 is 1.86 bits per heavy atom. The zero-order valence-corrected chi connectivity index (χ0v) is 3.29. The summed E-state index contributed by atoms with van der Waals surface area (Å²) < 4.78 is 4.07. The maximum absolute atomic E-state index is 9.90. The fraction of sp³-hybridized carbons (Fsp3) is 0. The number of aromatic nitrogens is 2. The van der Waals surface area contributed by atoms with Crippen molar-refractivity contribution in [3.8, 4) is 0 Å². The van der Waals surface area contributed by atoms with E-state index in [-0.39, 0.29) is 0 Å². The smallest absolute Gasteiger partial charge is 0.402 e. The molecule has 0 atom stereocenters. The van der Waals surface area contributed by atoms with E-state index in [2.05, 4.69) is 20.9 Å². The second-order valence-electron chi connectivity index (χ2n) is 0.830. The van der Waals surface area contributed by atoms with E-state index >= 15 is 0 Å². The molecule has 4 nitrogen and oxygen atoms in total. The first-order chi connectivity index (χ1) is 3.39. The van der Waals surface area contributed by atoms with Crippen LogP contribution in [0.15, 0.2) is 15.4 Å². The van der Waals surface area contributed by atoms with Crippen molar-refractivity contribution in [2.24, 2.45) is 0 Å². The van der Waals surface area contributed by atoms with Gasteiger partial charge in [-0.15, -0.1) is 5.10 Å². The minimum absolute atomic E-state index is 0.720. The molecule has 0 spiro atoms. The molecule has 0 bridgehead atoms. The zero-order valence-electron chi connectivity index (χ0n) is 3.29. The van der Waals surface area contributed by atoms with E-state index in [0.29, 0.717) is 0 Å². The zero-order chi connectivity index (χ0) is 5.11. The lowest BCUT2D eigenvalue weighted by molar-refractivity contribution is 0.457. The van der Waals surface area contributed by atoms with Gasteiger partial charge < -0.3 is 4.42 Å². The summed E-state index contributed by atoms with van der Waals surface area (Å²) in [5.41, 5.74) is 0. The molecule has 35 valence electrons. The quantitative estimate of drug-likeness (QED) is 0.426. The van der Waals surface area contributed by atoms with Crippen LogP contribution >= 0.6 is 0 Å². The molecule has 0 saturated carbocycles. The van der Waals surface area contributed by atoms with Gasteiger partial charge in [-0.2, -0.15) is 0 Å². The van der Waals surface area contributed by atoms with Gasteiger partial charge in [0.25, 0.3) is 0 Å². The summed E-state index contributed by atoms with van der Waals surface area (Å²) in [6, 6.07) is 0. The number of hydrogen-bond acceptors (Lipinski definition) is 4. The molecule has 4 heteroatoms. The predicted octanol–water partition coefficient (Wildman–Crippen LogP) is -0.770. The van der Waals surface area contributed by atoms with Crippen LogP contribution in [0, 0.1) is 6.26 Å². The van der Waals surface area contributed by atoms with E-state index < -0.39 is 5.76 Å². The highest BCUT2D eigenvalue weighted by atomic mass is 16.4. The molecule has 1 heterocycles. The van der Waals surface area contributed by atoms with E-state index in [4.69, 9.17) is 0 Å². The van der Waals surface area contributed by atoms with Gasteiger partial charge in [0.2, 0.25) is 0 Å². The van der Waals surface area contributed by atoms with Gasteiger partial charge in [-0.25, -0.2) is 4.79 Å². The van der Waals surface area contributed by atoms with Crippen LogP contribution in [0.5, 0.6) is 0 Å². The van der Waals surface area contributed by atoms with Crippen LogP contribution in [0.25, 0.3) is 0 Å². The van der Waals surface area contributed by atoms with Gasteiger partial charge in [-0.05, 0) is 0 Å². The van der Waals surface area contributed by atoms with Crippen molar-refractivity contribution in [2.75, 3.05) is 0 Å². The van der Waals surface area contributed by atoms with E-state index in [0.717, 1.165) is 0 Å². The normalized spacial score (nSPS) is 8.57. The lowest BCUT2D eigenvalue weighted by Gasteiger charge is -1.69. The molecule has 1 aromatic heterocycles. The molecule has 0 saturated heterocycles. The Hall–Kier alpha value is -1.19. The van der Waals surface area contributed by atoms with Crippen molar-refractivity contribution in [1.82, 2.24) is 10.2 Å². The molecule has 1 rings (SSSR count). The van der Waals surface area contributed by atoms with E-state index in [1.807, 2.05) is 0 Å². The number of hydrogen-bond donors (Lipinski definition) is 0. The van der Waals surface area contributed by atoms with Crippen molar-refractivity contribution in [2.45, 2.75) is 0 Å². The fourth-order valence-electron chi connectivity index (χ4n) is 0.197. The third-order valence-electron chi connectivity index (χ3n) is 0.396. The molecule has 0 unspecified atom stereocenters. The van der Waals surface area contributed by atoms with Crippen LogP contribution in [-0.4, -0.2) is 10.2 Å². The van der Waals surface area contributed by atoms with Crippen LogP contribution in [0.2, 0.25) is 0 Å². The molecule has 0 aromatic carbocycles. The SMILES string of the molecule is O=c1nnc[c]o1. The van der Waals surface area contributed by atoms with Crippen molar-refractivity contribution >= 4 is 0 Å². The summed E-state index contributed by atoms with van der Waals surface area (Å²) in [4.78, 5) is 9.90. The summed E-state index contributed by atoms with van der Waals surface area (Å²) >= 11 is 0. The molecule has 0 aliphatic heterocycles. The molecule has 0 amide bonds. The van der Waals surface area contributed by atoms with Gasteiger partial charge in [0, 0.05) is 0 Å². The second-order valence-corrected chi connectivity index (χ2v) is 0.830. The Morgan fingerprint density at radius 2 is 2.71 bits per heavy atom. The van der Waals surface area contributed by atoms with Gasteiger partial charge in [-0.1, -0.05) is 5.10 Å². The highest BCUT2D eigenvalue weighted by Gasteiger charge is 1.77. The minimum atomic E-state index is -0.720. The second kappa shape index (κ2) is 1.51. The maximum atomic E-state index is 9.90. The van der Waals surface area contributed by atoms with Gasteiger partial charge in [0.1, 0.15) is 0 Å². The van der Waals surface area contributed by atoms with Crippen molar-refractivity contribution in [1.29, 1.82) is 0 Å². The lowest BCUT2D eigenvalue weighted by Crippen LogP contribution is -2.02. The largest absolute Gasteiger partial charge is 0.458 e. The van der Waals surface area contributed by atoms with Gasteiger partial charge in [-0.3, -0.25) is 0 Å². The Bertz CT molecular complexity index is 177. The average Bonchev–Trinajstić information content (AvgIpc) is 1.69. The number of rotatable bonds is 0. The van der Waals surface area contributed by atoms with Gasteiger partial charge in [0.05, 0.1) is 6.20 Å². The molecule has 1 radical (unpaired) electrons. The highest BCUT2D eigenvalue weighted by molar-refractivity contribution is 4.49. The summed E-state index contributed by atoms with van der Waals surface area (Å²) in [6.07, 6.45) is 3.27. The Labute approximate surface area is 38.8 Å². The van der Waals surface area contributed by atoms with Crippen LogP contribution in [0.4, 0.5) is 0 Å².